The van der Waals surface area contributed by atoms with Gasteiger partial charge in [0.15, 0.2) is 0 Å². The summed E-state index contributed by atoms with van der Waals surface area (Å²) in [5, 5.41) is 13.6. The highest BCUT2D eigenvalue weighted by molar-refractivity contribution is 7.89. The van der Waals surface area contributed by atoms with Crippen LogP contribution >= 0.6 is 0 Å². The van der Waals surface area contributed by atoms with Gasteiger partial charge < -0.3 is 4.57 Å². The molecular weight excluding hydrogens is 526 g/mol. The lowest BCUT2D eigenvalue weighted by molar-refractivity contribution is 0.412. The van der Waals surface area contributed by atoms with Crippen molar-refractivity contribution in [1.82, 2.24) is 33.6 Å². The van der Waals surface area contributed by atoms with Crippen LogP contribution in [0.15, 0.2) is 83.0 Å². The Bertz CT molecular complexity index is 1870. The van der Waals surface area contributed by atoms with Gasteiger partial charge in [-0.3, -0.25) is 4.79 Å². The van der Waals surface area contributed by atoms with Crippen LogP contribution < -0.4 is 5.56 Å². The molecule has 1 aliphatic rings. The molecule has 0 bridgehead atoms. The number of hydrogen-bond donors (Lipinski definition) is 0. The number of sulfonamides is 1. The molecule has 6 rings (SSSR count). The van der Waals surface area contributed by atoms with E-state index < -0.39 is 15.4 Å². The van der Waals surface area contributed by atoms with Crippen LogP contribution in [0.4, 0.5) is 0 Å². The third kappa shape index (κ3) is 4.44. The predicted molar refractivity (Wildman–Crippen MR) is 152 cm³/mol. The minimum atomic E-state index is -3.79. The SMILES string of the molecule is CCn1cc(-n2ncc3cc(C4(Cc5ccccc5)CCN(S(=O)(=O)c5cnn(C)n5)C4)c(C)cc32)ccc1=O. The second-order valence-electron chi connectivity index (χ2n) is 10.5. The van der Waals surface area contributed by atoms with E-state index in [0.717, 1.165) is 33.3 Å². The average molecular weight is 558 g/mol. The van der Waals surface area contributed by atoms with E-state index >= 15 is 0 Å². The van der Waals surface area contributed by atoms with Gasteiger partial charge in [-0.2, -0.15) is 19.3 Å². The lowest BCUT2D eigenvalue weighted by Gasteiger charge is -2.32. The highest BCUT2D eigenvalue weighted by Gasteiger charge is 2.45. The van der Waals surface area contributed by atoms with Crippen LogP contribution in [-0.2, 0) is 35.5 Å². The van der Waals surface area contributed by atoms with Gasteiger partial charge in [-0.1, -0.05) is 30.3 Å². The second-order valence-corrected chi connectivity index (χ2v) is 12.4. The van der Waals surface area contributed by atoms with E-state index in [4.69, 9.17) is 0 Å². The molecule has 206 valence electrons. The summed E-state index contributed by atoms with van der Waals surface area (Å²) < 4.78 is 32.1. The Balaban J connectivity index is 1.44. The molecule has 10 nitrogen and oxygen atoms in total. The zero-order chi connectivity index (χ0) is 28.1. The Kier molecular flexibility index (Phi) is 6.42. The van der Waals surface area contributed by atoms with Gasteiger partial charge in [0.05, 0.1) is 23.6 Å². The van der Waals surface area contributed by atoms with E-state index in [1.54, 1.807) is 28.1 Å². The van der Waals surface area contributed by atoms with Crippen molar-refractivity contribution in [3.63, 3.8) is 0 Å². The fourth-order valence-corrected chi connectivity index (χ4v) is 7.32. The lowest BCUT2D eigenvalue weighted by Crippen LogP contribution is -2.36. The summed E-state index contributed by atoms with van der Waals surface area (Å²) in [5.74, 6) is 0. The van der Waals surface area contributed by atoms with Gasteiger partial charge in [-0.05, 0) is 61.6 Å². The number of pyridine rings is 1. The summed E-state index contributed by atoms with van der Waals surface area (Å²) in [4.78, 5) is 13.4. The molecule has 0 aliphatic carbocycles. The molecular formula is C29H31N7O3S. The Morgan fingerprint density at radius 1 is 1.02 bits per heavy atom. The van der Waals surface area contributed by atoms with E-state index in [1.165, 1.54) is 11.0 Å². The fourth-order valence-electron chi connectivity index (χ4n) is 5.91. The molecule has 5 aromatic rings. The first kappa shape index (κ1) is 26.1. The van der Waals surface area contributed by atoms with Crippen LogP contribution in [0.2, 0.25) is 0 Å². The second kappa shape index (κ2) is 9.83. The zero-order valence-electron chi connectivity index (χ0n) is 22.7. The Morgan fingerprint density at radius 3 is 2.55 bits per heavy atom. The van der Waals surface area contributed by atoms with E-state index in [1.807, 2.05) is 42.2 Å². The Labute approximate surface area is 232 Å². The van der Waals surface area contributed by atoms with Gasteiger partial charge in [0.2, 0.25) is 5.03 Å². The minimum Gasteiger partial charge on any atom is -0.314 e. The number of aromatic nitrogens is 6. The molecule has 1 fully saturated rings. The largest absolute Gasteiger partial charge is 0.314 e. The van der Waals surface area contributed by atoms with Crippen molar-refractivity contribution in [3.8, 4) is 5.69 Å². The molecule has 1 saturated heterocycles. The molecule has 0 spiro atoms. The number of benzene rings is 2. The lowest BCUT2D eigenvalue weighted by atomic mass is 9.73. The van der Waals surface area contributed by atoms with Gasteiger partial charge in [0.25, 0.3) is 15.6 Å². The maximum absolute atomic E-state index is 13.5. The van der Waals surface area contributed by atoms with Crippen molar-refractivity contribution >= 4 is 20.9 Å². The first-order chi connectivity index (χ1) is 19.2. The van der Waals surface area contributed by atoms with E-state index in [0.29, 0.717) is 32.5 Å². The van der Waals surface area contributed by atoms with E-state index in [9.17, 15) is 13.2 Å². The normalized spacial score (nSPS) is 18.1. The molecule has 40 heavy (non-hydrogen) atoms. The van der Waals surface area contributed by atoms with Gasteiger partial charge >= 0.3 is 0 Å². The summed E-state index contributed by atoms with van der Waals surface area (Å²) >= 11 is 0. The van der Waals surface area contributed by atoms with Crippen molar-refractivity contribution in [1.29, 1.82) is 0 Å². The Hall–Kier alpha value is -4.09. The standard InChI is InChI=1S/C29H31N7O3S/c1-4-34-19-24(10-11-28(34)37)36-26-14-21(2)25(15-23(26)17-31-36)29(16-22-8-6-5-7-9-22)12-13-35(20-29)40(38,39)27-18-30-33(3)32-27/h5-11,14-15,17-19H,4,12-13,16,20H2,1-3H3. The molecule has 2 aromatic carbocycles. The van der Waals surface area contributed by atoms with Crippen LogP contribution in [0.1, 0.15) is 30.0 Å². The van der Waals surface area contributed by atoms with Gasteiger partial charge in [-0.25, -0.2) is 13.1 Å². The van der Waals surface area contributed by atoms with Crippen molar-refractivity contribution < 1.29 is 8.42 Å². The molecule has 4 heterocycles. The van der Waals surface area contributed by atoms with Gasteiger partial charge in [0.1, 0.15) is 0 Å². The van der Waals surface area contributed by atoms with Crippen molar-refractivity contribution in [2.24, 2.45) is 7.05 Å². The third-order valence-corrected chi connectivity index (χ3v) is 9.63. The van der Waals surface area contributed by atoms with Crippen molar-refractivity contribution in [3.05, 3.63) is 100 Å². The van der Waals surface area contributed by atoms with Crippen LogP contribution in [0.3, 0.4) is 0 Å². The molecule has 11 heteroatoms. The minimum absolute atomic E-state index is 0.0348. The quantitative estimate of drug-likeness (QED) is 0.304. The number of aryl methyl sites for hydroxylation is 3. The number of hydrogen-bond acceptors (Lipinski definition) is 6. The van der Waals surface area contributed by atoms with Crippen LogP contribution in [-0.4, -0.2) is 55.2 Å². The van der Waals surface area contributed by atoms with Crippen LogP contribution in [0.25, 0.3) is 16.6 Å². The summed E-state index contributed by atoms with van der Waals surface area (Å²) in [5.41, 5.74) is 4.58. The van der Waals surface area contributed by atoms with E-state index in [-0.39, 0.29) is 10.6 Å². The molecule has 1 unspecified atom stereocenters. The summed E-state index contributed by atoms with van der Waals surface area (Å²) in [6, 6.07) is 17.8. The average Bonchev–Trinajstić information content (AvgIpc) is 3.68. The first-order valence-corrected chi connectivity index (χ1v) is 14.7. The number of nitrogens with zero attached hydrogens (tertiary/aromatic N) is 7. The fraction of sp³-hybridized carbons (Fsp3) is 0.310. The molecule has 0 radical (unpaired) electrons. The first-order valence-electron chi connectivity index (χ1n) is 13.3. The van der Waals surface area contributed by atoms with Crippen LogP contribution in [0.5, 0.6) is 0 Å². The zero-order valence-corrected chi connectivity index (χ0v) is 23.5. The topological polar surface area (TPSA) is 108 Å². The molecule has 0 N–H and O–H groups in total. The van der Waals surface area contributed by atoms with E-state index in [2.05, 4.69) is 46.5 Å². The molecule has 0 saturated carbocycles. The van der Waals surface area contributed by atoms with Crippen LogP contribution in [0, 0.1) is 6.92 Å². The Morgan fingerprint density at radius 2 is 1.82 bits per heavy atom. The highest BCUT2D eigenvalue weighted by atomic mass is 32.2. The van der Waals surface area contributed by atoms with Gasteiger partial charge in [0, 0.05) is 49.7 Å². The van der Waals surface area contributed by atoms with Gasteiger partial charge in [-0.15, -0.1) is 5.10 Å². The highest BCUT2D eigenvalue weighted by Crippen LogP contribution is 2.42. The number of rotatable bonds is 7. The monoisotopic (exact) mass is 557 g/mol. The third-order valence-electron chi connectivity index (χ3n) is 7.93. The predicted octanol–water partition coefficient (Wildman–Crippen LogP) is 3.22. The number of fused-ring (bicyclic) bond motifs is 1. The molecule has 1 atom stereocenters. The molecule has 0 amide bonds. The molecule has 3 aromatic heterocycles. The maximum Gasteiger partial charge on any atom is 0.264 e. The van der Waals surface area contributed by atoms with Crippen molar-refractivity contribution in [2.45, 2.75) is 43.7 Å². The maximum atomic E-state index is 13.5. The van der Waals surface area contributed by atoms with Crippen molar-refractivity contribution in [2.75, 3.05) is 13.1 Å². The summed E-state index contributed by atoms with van der Waals surface area (Å²) in [6.07, 6.45) is 6.32. The molecule has 1 aliphatic heterocycles. The summed E-state index contributed by atoms with van der Waals surface area (Å²) in [6.45, 7) is 5.31. The summed E-state index contributed by atoms with van der Waals surface area (Å²) in [7, 11) is -2.18. The smallest absolute Gasteiger partial charge is 0.264 e.